The van der Waals surface area contributed by atoms with Gasteiger partial charge in [0.2, 0.25) is 0 Å². The first-order valence-corrected chi connectivity index (χ1v) is 6.14. The zero-order valence-corrected chi connectivity index (χ0v) is 11.1. The van der Waals surface area contributed by atoms with E-state index < -0.39 is 5.54 Å². The second kappa shape index (κ2) is 5.52. The zero-order valence-electron chi connectivity index (χ0n) is 11.1. The summed E-state index contributed by atoms with van der Waals surface area (Å²) >= 11 is 0. The van der Waals surface area contributed by atoms with Gasteiger partial charge in [0.25, 0.3) is 5.91 Å². The molecule has 2 aromatic rings. The first-order chi connectivity index (χ1) is 9.08. The highest BCUT2D eigenvalue weighted by atomic mass is 16.2. The molecule has 0 fully saturated rings. The molecule has 0 saturated carbocycles. The number of amides is 1. The average molecular weight is 255 g/mol. The van der Waals surface area contributed by atoms with Crippen molar-refractivity contribution in [2.45, 2.75) is 19.4 Å². The van der Waals surface area contributed by atoms with E-state index in [1.807, 2.05) is 56.3 Å². The Morgan fingerprint density at radius 2 is 1.74 bits per heavy atom. The minimum Gasteiger partial charge on any atom is -0.372 e. The number of carbonyl (C=O) groups excluding carboxylic acids is 1. The highest BCUT2D eigenvalue weighted by Gasteiger charge is 2.27. The van der Waals surface area contributed by atoms with Gasteiger partial charge in [-0.05, 0) is 38.1 Å². The topological polar surface area (TPSA) is 54.0 Å². The van der Waals surface area contributed by atoms with Crippen molar-refractivity contribution < 1.29 is 4.79 Å². The van der Waals surface area contributed by atoms with Gasteiger partial charge in [-0.1, -0.05) is 24.3 Å². The molecule has 1 amide bonds. The molecule has 0 unspecified atom stereocenters. The number of nitrogens with one attached hydrogen (secondary N) is 2. The normalized spacial score (nSPS) is 10.8. The van der Waals surface area contributed by atoms with Crippen molar-refractivity contribution in [2.24, 2.45) is 0 Å². The van der Waals surface area contributed by atoms with Gasteiger partial charge in [-0.2, -0.15) is 0 Å². The third kappa shape index (κ3) is 3.55. The van der Waals surface area contributed by atoms with Gasteiger partial charge >= 0.3 is 0 Å². The van der Waals surface area contributed by atoms with Gasteiger partial charge in [0, 0.05) is 11.9 Å². The molecule has 19 heavy (non-hydrogen) atoms. The summed E-state index contributed by atoms with van der Waals surface area (Å²) in [5.41, 5.74) is 0.183. The Morgan fingerprint density at radius 3 is 2.37 bits per heavy atom. The van der Waals surface area contributed by atoms with Gasteiger partial charge in [0.05, 0.1) is 0 Å². The predicted octanol–water partition coefficient (Wildman–Crippen LogP) is 2.91. The van der Waals surface area contributed by atoms with Gasteiger partial charge in [-0.15, -0.1) is 0 Å². The molecule has 0 radical (unpaired) electrons. The lowest BCUT2D eigenvalue weighted by molar-refractivity contribution is -0.119. The van der Waals surface area contributed by atoms with E-state index in [9.17, 15) is 4.79 Å². The SMILES string of the molecule is CC(C)(Nc1ccccc1)C(=O)Nc1ccccn1. The molecule has 0 aliphatic heterocycles. The highest BCUT2D eigenvalue weighted by molar-refractivity contribution is 5.98. The van der Waals surface area contributed by atoms with E-state index in [0.29, 0.717) is 5.82 Å². The minimum atomic E-state index is -0.723. The second-order valence-corrected chi connectivity index (χ2v) is 4.79. The van der Waals surface area contributed by atoms with Crippen LogP contribution in [0.1, 0.15) is 13.8 Å². The summed E-state index contributed by atoms with van der Waals surface area (Å²) in [6, 6.07) is 15.0. The standard InChI is InChI=1S/C15H17N3O/c1-15(2,18-12-8-4-3-5-9-12)14(19)17-13-10-6-7-11-16-13/h3-11,18H,1-2H3,(H,16,17,19). The molecule has 0 bridgehead atoms. The molecule has 1 aromatic carbocycles. The van der Waals surface area contributed by atoms with Crippen LogP contribution in [0.5, 0.6) is 0 Å². The third-order valence-corrected chi connectivity index (χ3v) is 2.70. The van der Waals surface area contributed by atoms with Crippen molar-refractivity contribution >= 4 is 17.4 Å². The van der Waals surface area contributed by atoms with Gasteiger partial charge in [0.1, 0.15) is 11.4 Å². The fourth-order valence-corrected chi connectivity index (χ4v) is 1.65. The smallest absolute Gasteiger partial charge is 0.250 e. The molecule has 4 nitrogen and oxygen atoms in total. The Hall–Kier alpha value is -2.36. The molecule has 0 spiro atoms. The third-order valence-electron chi connectivity index (χ3n) is 2.70. The summed E-state index contributed by atoms with van der Waals surface area (Å²) in [6.07, 6.45) is 1.65. The van der Waals surface area contributed by atoms with Crippen LogP contribution in [0.2, 0.25) is 0 Å². The maximum atomic E-state index is 12.2. The number of benzene rings is 1. The van der Waals surface area contributed by atoms with Crippen LogP contribution in [-0.2, 0) is 4.79 Å². The summed E-state index contributed by atoms with van der Waals surface area (Å²) in [4.78, 5) is 16.3. The first-order valence-electron chi connectivity index (χ1n) is 6.14. The Morgan fingerprint density at radius 1 is 1.05 bits per heavy atom. The van der Waals surface area contributed by atoms with Crippen molar-refractivity contribution in [1.29, 1.82) is 0 Å². The molecule has 4 heteroatoms. The Bertz CT molecular complexity index is 538. The Kier molecular flexibility index (Phi) is 3.80. The summed E-state index contributed by atoms with van der Waals surface area (Å²) in [7, 11) is 0. The number of anilines is 2. The van der Waals surface area contributed by atoms with Crippen LogP contribution in [0.3, 0.4) is 0 Å². The fourth-order valence-electron chi connectivity index (χ4n) is 1.65. The summed E-state index contributed by atoms with van der Waals surface area (Å²) in [5, 5.41) is 5.99. The lowest BCUT2D eigenvalue weighted by Gasteiger charge is -2.26. The van der Waals surface area contributed by atoms with Crippen LogP contribution in [0.15, 0.2) is 54.7 Å². The van der Waals surface area contributed by atoms with Crippen LogP contribution < -0.4 is 10.6 Å². The molecule has 1 heterocycles. The van der Waals surface area contributed by atoms with Crippen molar-refractivity contribution in [3.05, 3.63) is 54.7 Å². The molecule has 98 valence electrons. The van der Waals surface area contributed by atoms with Gasteiger partial charge in [-0.25, -0.2) is 4.98 Å². The molecule has 0 aliphatic carbocycles. The highest BCUT2D eigenvalue weighted by Crippen LogP contribution is 2.16. The van der Waals surface area contributed by atoms with Crippen molar-refractivity contribution in [1.82, 2.24) is 4.98 Å². The second-order valence-electron chi connectivity index (χ2n) is 4.79. The number of pyridine rings is 1. The van der Waals surface area contributed by atoms with E-state index in [2.05, 4.69) is 15.6 Å². The minimum absolute atomic E-state index is 0.130. The number of para-hydroxylation sites is 1. The predicted molar refractivity (Wildman–Crippen MR) is 77.0 cm³/mol. The maximum Gasteiger partial charge on any atom is 0.250 e. The van der Waals surface area contributed by atoms with E-state index in [-0.39, 0.29) is 5.91 Å². The Balaban J connectivity index is 2.05. The molecule has 1 aromatic heterocycles. The van der Waals surface area contributed by atoms with Crippen LogP contribution in [0, 0.1) is 0 Å². The number of nitrogens with zero attached hydrogens (tertiary/aromatic N) is 1. The summed E-state index contributed by atoms with van der Waals surface area (Å²) < 4.78 is 0. The van der Waals surface area contributed by atoms with Crippen LogP contribution in [0.4, 0.5) is 11.5 Å². The molecule has 2 rings (SSSR count). The van der Waals surface area contributed by atoms with Gasteiger partial charge in [-0.3, -0.25) is 4.79 Å². The van der Waals surface area contributed by atoms with Crippen LogP contribution in [0.25, 0.3) is 0 Å². The van der Waals surface area contributed by atoms with E-state index >= 15 is 0 Å². The first kappa shape index (κ1) is 13.1. The lowest BCUT2D eigenvalue weighted by atomic mass is 10.0. The van der Waals surface area contributed by atoms with Crippen LogP contribution in [-0.4, -0.2) is 16.4 Å². The molecular weight excluding hydrogens is 238 g/mol. The quantitative estimate of drug-likeness (QED) is 0.883. The number of carbonyl (C=O) groups is 1. The van der Waals surface area contributed by atoms with Gasteiger partial charge in [0.15, 0.2) is 0 Å². The largest absolute Gasteiger partial charge is 0.372 e. The number of hydrogen-bond acceptors (Lipinski definition) is 3. The van der Waals surface area contributed by atoms with E-state index in [4.69, 9.17) is 0 Å². The fraction of sp³-hybridized carbons (Fsp3) is 0.200. The summed E-state index contributed by atoms with van der Waals surface area (Å²) in [6.45, 7) is 3.66. The molecule has 0 atom stereocenters. The number of rotatable bonds is 4. The van der Waals surface area contributed by atoms with Crippen molar-refractivity contribution in [3.8, 4) is 0 Å². The van der Waals surface area contributed by atoms with Crippen LogP contribution >= 0.6 is 0 Å². The van der Waals surface area contributed by atoms with Crippen molar-refractivity contribution in [3.63, 3.8) is 0 Å². The zero-order chi connectivity index (χ0) is 13.7. The van der Waals surface area contributed by atoms with Gasteiger partial charge < -0.3 is 10.6 Å². The summed E-state index contributed by atoms with van der Waals surface area (Å²) in [5.74, 6) is 0.422. The molecular formula is C15H17N3O. The van der Waals surface area contributed by atoms with E-state index in [1.54, 1.807) is 12.3 Å². The lowest BCUT2D eigenvalue weighted by Crippen LogP contribution is -2.44. The Labute approximate surface area is 112 Å². The monoisotopic (exact) mass is 255 g/mol. The number of hydrogen-bond donors (Lipinski definition) is 2. The van der Waals surface area contributed by atoms with E-state index in [0.717, 1.165) is 5.69 Å². The maximum absolute atomic E-state index is 12.2. The van der Waals surface area contributed by atoms with Crippen molar-refractivity contribution in [2.75, 3.05) is 10.6 Å². The molecule has 0 aliphatic rings. The number of aromatic nitrogens is 1. The van der Waals surface area contributed by atoms with E-state index in [1.165, 1.54) is 0 Å². The average Bonchev–Trinajstić information content (AvgIpc) is 2.40. The molecule has 2 N–H and O–H groups in total. The molecule has 0 saturated heterocycles.